The summed E-state index contributed by atoms with van der Waals surface area (Å²) in [5, 5.41) is 14.6. The third-order valence-electron chi connectivity index (χ3n) is 3.97. The number of nitrogens with one attached hydrogen (secondary N) is 1. The molecule has 0 amide bonds. The van der Waals surface area contributed by atoms with Crippen LogP contribution in [-0.4, -0.2) is 14.8 Å². The number of aryl methyl sites for hydroxylation is 1. The van der Waals surface area contributed by atoms with Gasteiger partial charge in [0.2, 0.25) is 0 Å². The predicted octanol–water partition coefficient (Wildman–Crippen LogP) is 3.33. The summed E-state index contributed by atoms with van der Waals surface area (Å²) < 4.78 is 2.28. The Morgan fingerprint density at radius 2 is 2.15 bits per heavy atom. The van der Waals surface area contributed by atoms with Crippen LogP contribution in [0, 0.1) is 5.92 Å². The van der Waals surface area contributed by atoms with Crippen molar-refractivity contribution in [3.8, 4) is 0 Å². The van der Waals surface area contributed by atoms with Crippen LogP contribution >= 0.6 is 11.3 Å². The number of thiophene rings is 1. The number of rotatable bonds is 5. The van der Waals surface area contributed by atoms with E-state index in [1.54, 1.807) is 0 Å². The molecule has 1 aliphatic rings. The molecule has 3 heterocycles. The van der Waals surface area contributed by atoms with Crippen molar-refractivity contribution in [3.63, 3.8) is 0 Å². The van der Waals surface area contributed by atoms with Crippen LogP contribution in [0.5, 0.6) is 0 Å². The van der Waals surface area contributed by atoms with Crippen molar-refractivity contribution < 1.29 is 0 Å². The van der Waals surface area contributed by atoms with Crippen LogP contribution in [0.2, 0.25) is 0 Å². The predicted molar refractivity (Wildman–Crippen MR) is 81.8 cm³/mol. The summed E-state index contributed by atoms with van der Waals surface area (Å²) in [7, 11) is 0. The molecule has 5 heteroatoms. The molecule has 0 saturated heterocycles. The Morgan fingerprint density at radius 1 is 1.30 bits per heavy atom. The number of hydrogen-bond donors (Lipinski definition) is 1. The summed E-state index contributed by atoms with van der Waals surface area (Å²) in [6.07, 6.45) is 2.27. The van der Waals surface area contributed by atoms with Crippen LogP contribution in [0.3, 0.4) is 0 Å². The fourth-order valence-corrected chi connectivity index (χ4v) is 3.87. The van der Waals surface area contributed by atoms with E-state index in [0.29, 0.717) is 12.0 Å². The Balaban J connectivity index is 1.78. The lowest BCUT2D eigenvalue weighted by Crippen LogP contribution is -2.29. The lowest BCUT2D eigenvalue weighted by molar-refractivity contribution is 0.366. The van der Waals surface area contributed by atoms with E-state index in [1.807, 2.05) is 11.3 Å². The Labute approximate surface area is 124 Å². The van der Waals surface area contributed by atoms with Gasteiger partial charge in [0.15, 0.2) is 0 Å². The zero-order valence-electron chi connectivity index (χ0n) is 12.3. The fourth-order valence-electron chi connectivity index (χ4n) is 2.91. The molecule has 1 aliphatic heterocycles. The molecule has 108 valence electrons. The molecule has 2 unspecified atom stereocenters. The van der Waals surface area contributed by atoms with E-state index >= 15 is 0 Å². The maximum absolute atomic E-state index is 4.39. The molecule has 0 aromatic carbocycles. The van der Waals surface area contributed by atoms with Crippen LogP contribution in [0.15, 0.2) is 17.5 Å². The average molecular weight is 290 g/mol. The number of nitrogens with zero attached hydrogens (tertiary/aromatic N) is 3. The van der Waals surface area contributed by atoms with E-state index in [9.17, 15) is 0 Å². The van der Waals surface area contributed by atoms with Crippen molar-refractivity contribution in [2.75, 3.05) is 0 Å². The van der Waals surface area contributed by atoms with Crippen LogP contribution in [0.25, 0.3) is 0 Å². The fraction of sp³-hybridized carbons (Fsp3) is 0.600. The van der Waals surface area contributed by atoms with Gasteiger partial charge in [-0.3, -0.25) is 5.32 Å². The van der Waals surface area contributed by atoms with Gasteiger partial charge in [0.1, 0.15) is 11.6 Å². The molecule has 0 bridgehead atoms. The first-order valence-electron chi connectivity index (χ1n) is 7.38. The second-order valence-corrected chi connectivity index (χ2v) is 6.83. The van der Waals surface area contributed by atoms with Gasteiger partial charge in [-0.25, -0.2) is 0 Å². The van der Waals surface area contributed by atoms with Gasteiger partial charge in [-0.05, 0) is 30.7 Å². The molecule has 2 aromatic rings. The molecular formula is C15H22N4S. The van der Waals surface area contributed by atoms with E-state index in [0.717, 1.165) is 24.6 Å². The topological polar surface area (TPSA) is 42.7 Å². The quantitative estimate of drug-likeness (QED) is 0.918. The summed E-state index contributed by atoms with van der Waals surface area (Å²) in [5.41, 5.74) is 0. The van der Waals surface area contributed by atoms with E-state index in [1.165, 1.54) is 11.3 Å². The normalized spacial score (nSPS) is 17.4. The summed E-state index contributed by atoms with van der Waals surface area (Å²) in [6, 6.07) is 4.93. The second kappa shape index (κ2) is 5.66. The maximum Gasteiger partial charge on any atom is 0.149 e. The lowest BCUT2D eigenvalue weighted by Gasteiger charge is -2.25. The third kappa shape index (κ3) is 2.52. The Hall–Kier alpha value is -1.20. The van der Waals surface area contributed by atoms with Crippen molar-refractivity contribution in [2.45, 2.75) is 52.2 Å². The second-order valence-electron chi connectivity index (χ2n) is 5.86. The van der Waals surface area contributed by atoms with Crippen LogP contribution in [0.1, 0.15) is 55.8 Å². The molecule has 0 radical (unpaired) electrons. The standard InChI is InChI=1S/C15H22N4S/c1-10(2)14(12-6-5-9-20-12)16-11(3)15-18-17-13-7-4-8-19(13)15/h5-6,9-11,14,16H,4,7-8H2,1-3H3. The number of hydrogen-bond acceptors (Lipinski definition) is 4. The first-order valence-corrected chi connectivity index (χ1v) is 8.26. The van der Waals surface area contributed by atoms with Crippen LogP contribution in [0.4, 0.5) is 0 Å². The van der Waals surface area contributed by atoms with Crippen molar-refractivity contribution in [2.24, 2.45) is 5.92 Å². The zero-order chi connectivity index (χ0) is 14.1. The molecule has 20 heavy (non-hydrogen) atoms. The highest BCUT2D eigenvalue weighted by atomic mass is 32.1. The van der Waals surface area contributed by atoms with Gasteiger partial charge in [0.05, 0.1) is 6.04 Å². The molecule has 0 aliphatic carbocycles. The molecular weight excluding hydrogens is 268 g/mol. The summed E-state index contributed by atoms with van der Waals surface area (Å²) in [5.74, 6) is 2.78. The highest BCUT2D eigenvalue weighted by Crippen LogP contribution is 2.29. The molecule has 1 N–H and O–H groups in total. The van der Waals surface area contributed by atoms with E-state index in [4.69, 9.17) is 0 Å². The summed E-state index contributed by atoms with van der Waals surface area (Å²) in [6.45, 7) is 7.78. The molecule has 3 rings (SSSR count). The highest BCUT2D eigenvalue weighted by molar-refractivity contribution is 7.10. The van der Waals surface area contributed by atoms with Gasteiger partial charge in [-0.15, -0.1) is 21.5 Å². The average Bonchev–Trinajstić information content (AvgIpc) is 3.11. The number of fused-ring (bicyclic) bond motifs is 1. The first-order chi connectivity index (χ1) is 9.66. The molecule has 2 aromatic heterocycles. The van der Waals surface area contributed by atoms with E-state index in [2.05, 4.69) is 58.4 Å². The first kappa shape index (κ1) is 13.8. The highest BCUT2D eigenvalue weighted by Gasteiger charge is 2.25. The molecule has 2 atom stereocenters. The van der Waals surface area contributed by atoms with Crippen LogP contribution < -0.4 is 5.32 Å². The SMILES string of the molecule is CC(NC(c1cccs1)C(C)C)c1nnc2n1CCC2. The minimum Gasteiger partial charge on any atom is -0.314 e. The van der Waals surface area contributed by atoms with Crippen molar-refractivity contribution in [3.05, 3.63) is 34.0 Å². The minimum atomic E-state index is 0.226. The Morgan fingerprint density at radius 3 is 2.85 bits per heavy atom. The minimum absolute atomic E-state index is 0.226. The van der Waals surface area contributed by atoms with E-state index < -0.39 is 0 Å². The molecule has 0 saturated carbocycles. The van der Waals surface area contributed by atoms with Crippen molar-refractivity contribution in [1.29, 1.82) is 0 Å². The Bertz CT molecular complexity index is 558. The van der Waals surface area contributed by atoms with Crippen LogP contribution in [-0.2, 0) is 13.0 Å². The summed E-state index contributed by atoms with van der Waals surface area (Å²) >= 11 is 1.82. The number of aromatic nitrogens is 3. The lowest BCUT2D eigenvalue weighted by atomic mass is 10.0. The molecule has 0 spiro atoms. The third-order valence-corrected chi connectivity index (χ3v) is 4.93. The van der Waals surface area contributed by atoms with Crippen molar-refractivity contribution >= 4 is 11.3 Å². The molecule has 4 nitrogen and oxygen atoms in total. The largest absolute Gasteiger partial charge is 0.314 e. The monoisotopic (exact) mass is 290 g/mol. The Kier molecular flexibility index (Phi) is 3.89. The van der Waals surface area contributed by atoms with Gasteiger partial charge in [-0.1, -0.05) is 19.9 Å². The summed E-state index contributed by atoms with van der Waals surface area (Å²) in [4.78, 5) is 1.40. The zero-order valence-corrected chi connectivity index (χ0v) is 13.2. The van der Waals surface area contributed by atoms with Crippen molar-refractivity contribution in [1.82, 2.24) is 20.1 Å². The molecule has 0 fully saturated rings. The van der Waals surface area contributed by atoms with Gasteiger partial charge >= 0.3 is 0 Å². The van der Waals surface area contributed by atoms with Gasteiger partial charge < -0.3 is 4.57 Å². The van der Waals surface area contributed by atoms with Gasteiger partial charge in [0, 0.05) is 23.9 Å². The van der Waals surface area contributed by atoms with Gasteiger partial charge in [0.25, 0.3) is 0 Å². The van der Waals surface area contributed by atoms with E-state index in [-0.39, 0.29) is 6.04 Å². The smallest absolute Gasteiger partial charge is 0.149 e. The maximum atomic E-state index is 4.39. The van der Waals surface area contributed by atoms with Gasteiger partial charge in [-0.2, -0.15) is 0 Å².